The number of ether oxygens (including phenoxy) is 1. The van der Waals surface area contributed by atoms with Crippen LogP contribution in [0.5, 0.6) is 5.75 Å². The predicted octanol–water partition coefficient (Wildman–Crippen LogP) is 3.06. The molecule has 2 heterocycles. The molecule has 1 aromatic carbocycles. The van der Waals surface area contributed by atoms with Crippen molar-refractivity contribution in [1.82, 2.24) is 9.55 Å². The molecule has 3 aromatic rings. The summed E-state index contributed by atoms with van der Waals surface area (Å²) >= 11 is 6.19. The summed E-state index contributed by atoms with van der Waals surface area (Å²) in [5, 5.41) is 2.86. The van der Waals surface area contributed by atoms with E-state index in [0.717, 1.165) is 22.0 Å². The summed E-state index contributed by atoms with van der Waals surface area (Å²) in [6, 6.07) is 5.36. The summed E-state index contributed by atoms with van der Waals surface area (Å²) < 4.78 is 6.81. The highest BCUT2D eigenvalue weighted by Crippen LogP contribution is 2.32. The normalized spacial score (nSPS) is 11.2. The molecule has 0 radical (unpaired) electrons. The lowest BCUT2D eigenvalue weighted by atomic mass is 10.1. The molecule has 20 heavy (non-hydrogen) atoms. The molecule has 0 saturated carbocycles. The van der Waals surface area contributed by atoms with Crippen molar-refractivity contribution in [3.63, 3.8) is 0 Å². The number of aromatic nitrogens is 2. The minimum atomic E-state index is -0.0847. The van der Waals surface area contributed by atoms with Crippen molar-refractivity contribution in [2.45, 2.75) is 6.92 Å². The first-order valence-electron chi connectivity index (χ1n) is 6.16. The van der Waals surface area contributed by atoms with Gasteiger partial charge in [-0.15, -0.1) is 0 Å². The number of rotatable bonds is 1. The van der Waals surface area contributed by atoms with Crippen LogP contribution in [0.15, 0.2) is 29.2 Å². The van der Waals surface area contributed by atoms with Gasteiger partial charge in [0, 0.05) is 18.6 Å². The Bertz CT molecular complexity index is 900. The Morgan fingerprint density at radius 1 is 1.25 bits per heavy atom. The van der Waals surface area contributed by atoms with E-state index in [0.29, 0.717) is 16.2 Å². The lowest BCUT2D eigenvalue weighted by molar-refractivity contribution is 0.415. The first-order chi connectivity index (χ1) is 9.54. The van der Waals surface area contributed by atoms with Crippen LogP contribution in [0.3, 0.4) is 0 Å². The average molecular weight is 289 g/mol. The lowest BCUT2D eigenvalue weighted by Crippen LogP contribution is -2.18. The monoisotopic (exact) mass is 288 g/mol. The second kappa shape index (κ2) is 4.49. The van der Waals surface area contributed by atoms with E-state index in [2.05, 4.69) is 4.98 Å². The summed E-state index contributed by atoms with van der Waals surface area (Å²) in [6.07, 6.45) is 1.74. The van der Waals surface area contributed by atoms with E-state index in [1.165, 1.54) is 7.11 Å². The van der Waals surface area contributed by atoms with Gasteiger partial charge in [-0.2, -0.15) is 0 Å². The molecule has 0 N–H and O–H groups in total. The van der Waals surface area contributed by atoms with E-state index in [1.807, 2.05) is 13.0 Å². The summed E-state index contributed by atoms with van der Waals surface area (Å²) in [6.45, 7) is 1.89. The number of hydrogen-bond donors (Lipinski definition) is 0. The largest absolute Gasteiger partial charge is 0.495 e. The number of halogens is 1. The highest BCUT2D eigenvalue weighted by Gasteiger charge is 2.13. The Morgan fingerprint density at radius 2 is 2.00 bits per heavy atom. The number of benzene rings is 1. The van der Waals surface area contributed by atoms with Gasteiger partial charge in [0.1, 0.15) is 5.75 Å². The van der Waals surface area contributed by atoms with E-state index in [-0.39, 0.29) is 5.56 Å². The van der Waals surface area contributed by atoms with Crippen LogP contribution in [-0.4, -0.2) is 16.7 Å². The molecule has 4 nitrogen and oxygen atoms in total. The van der Waals surface area contributed by atoms with Gasteiger partial charge in [-0.3, -0.25) is 9.78 Å². The maximum Gasteiger partial charge on any atom is 0.258 e. The van der Waals surface area contributed by atoms with Crippen molar-refractivity contribution in [2.75, 3.05) is 7.11 Å². The maximum absolute atomic E-state index is 12.5. The molecule has 0 spiro atoms. The molecule has 3 rings (SSSR count). The summed E-state index contributed by atoms with van der Waals surface area (Å²) in [5.41, 5.74) is 1.56. The Balaban J connectivity index is 2.65. The smallest absolute Gasteiger partial charge is 0.258 e. The molecular formula is C15H13ClN2O2. The molecule has 0 unspecified atom stereocenters. The molecule has 0 aliphatic heterocycles. The van der Waals surface area contributed by atoms with Gasteiger partial charge in [0.15, 0.2) is 0 Å². The third kappa shape index (κ3) is 1.68. The lowest BCUT2D eigenvalue weighted by Gasteiger charge is -2.12. The zero-order valence-corrected chi connectivity index (χ0v) is 12.2. The molecule has 0 aliphatic rings. The summed E-state index contributed by atoms with van der Waals surface area (Å²) in [5.74, 6) is 0.501. The minimum absolute atomic E-state index is 0.0847. The summed E-state index contributed by atoms with van der Waals surface area (Å²) in [4.78, 5) is 16.8. The van der Waals surface area contributed by atoms with Crippen molar-refractivity contribution < 1.29 is 4.74 Å². The average Bonchev–Trinajstić information content (AvgIpc) is 2.44. The Morgan fingerprint density at radius 3 is 2.70 bits per heavy atom. The van der Waals surface area contributed by atoms with E-state index in [4.69, 9.17) is 16.3 Å². The highest BCUT2D eigenvalue weighted by molar-refractivity contribution is 6.33. The van der Waals surface area contributed by atoms with Crippen LogP contribution in [0.2, 0.25) is 5.02 Å². The van der Waals surface area contributed by atoms with Gasteiger partial charge in [-0.05, 0) is 30.5 Å². The SMILES string of the molecule is COc1cc2c(=O)n(C)c3c(C)nccc3c2cc1Cl. The van der Waals surface area contributed by atoms with Crippen LogP contribution in [0.4, 0.5) is 0 Å². The minimum Gasteiger partial charge on any atom is -0.495 e. The Kier molecular flexibility index (Phi) is 2.91. The topological polar surface area (TPSA) is 44.1 Å². The van der Waals surface area contributed by atoms with Crippen LogP contribution in [0, 0.1) is 6.92 Å². The fourth-order valence-electron chi connectivity index (χ4n) is 2.59. The maximum atomic E-state index is 12.5. The van der Waals surface area contributed by atoms with Gasteiger partial charge in [-0.1, -0.05) is 11.6 Å². The van der Waals surface area contributed by atoms with Crippen LogP contribution in [-0.2, 0) is 7.05 Å². The van der Waals surface area contributed by atoms with Gasteiger partial charge in [0.05, 0.1) is 28.7 Å². The molecule has 0 bridgehead atoms. The second-order valence-corrected chi connectivity index (χ2v) is 5.10. The van der Waals surface area contributed by atoms with Gasteiger partial charge >= 0.3 is 0 Å². The van der Waals surface area contributed by atoms with Crippen LogP contribution < -0.4 is 10.3 Å². The van der Waals surface area contributed by atoms with Gasteiger partial charge in [0.2, 0.25) is 0 Å². The van der Waals surface area contributed by atoms with Crippen molar-refractivity contribution in [2.24, 2.45) is 7.05 Å². The molecule has 0 amide bonds. The molecule has 0 saturated heterocycles. The fourth-order valence-corrected chi connectivity index (χ4v) is 2.83. The molecule has 2 aromatic heterocycles. The Hall–Kier alpha value is -2.07. The van der Waals surface area contributed by atoms with Crippen molar-refractivity contribution in [3.05, 3.63) is 45.5 Å². The summed E-state index contributed by atoms with van der Waals surface area (Å²) in [7, 11) is 3.28. The van der Waals surface area contributed by atoms with E-state index in [1.54, 1.807) is 29.9 Å². The molecule has 0 fully saturated rings. The highest BCUT2D eigenvalue weighted by atomic mass is 35.5. The standard InChI is InChI=1S/C15H13ClN2O2/c1-8-14-9(4-5-17-8)10-6-12(16)13(20-3)7-11(10)15(19)18(14)2/h4-7H,1-3H3. The van der Waals surface area contributed by atoms with Crippen LogP contribution >= 0.6 is 11.6 Å². The molecular weight excluding hydrogens is 276 g/mol. The van der Waals surface area contributed by atoms with Crippen molar-refractivity contribution >= 4 is 33.3 Å². The van der Waals surface area contributed by atoms with Gasteiger partial charge < -0.3 is 9.30 Å². The third-order valence-electron chi connectivity index (χ3n) is 3.56. The first-order valence-corrected chi connectivity index (χ1v) is 6.54. The predicted molar refractivity (Wildman–Crippen MR) is 80.8 cm³/mol. The number of fused-ring (bicyclic) bond motifs is 3. The molecule has 102 valence electrons. The van der Waals surface area contributed by atoms with Gasteiger partial charge in [-0.25, -0.2) is 0 Å². The molecule has 0 aliphatic carbocycles. The van der Waals surface area contributed by atoms with E-state index >= 15 is 0 Å². The first kappa shape index (κ1) is 12.9. The second-order valence-electron chi connectivity index (χ2n) is 4.69. The van der Waals surface area contributed by atoms with Crippen molar-refractivity contribution in [3.8, 4) is 5.75 Å². The number of nitrogens with zero attached hydrogens (tertiary/aromatic N) is 2. The van der Waals surface area contributed by atoms with Crippen molar-refractivity contribution in [1.29, 1.82) is 0 Å². The van der Waals surface area contributed by atoms with E-state index in [9.17, 15) is 4.79 Å². The van der Waals surface area contributed by atoms with Crippen LogP contribution in [0.25, 0.3) is 21.7 Å². The number of methoxy groups -OCH3 is 1. The third-order valence-corrected chi connectivity index (χ3v) is 3.86. The molecule has 0 atom stereocenters. The molecule has 5 heteroatoms. The fraction of sp³-hybridized carbons (Fsp3) is 0.200. The van der Waals surface area contributed by atoms with Gasteiger partial charge in [0.25, 0.3) is 5.56 Å². The number of hydrogen-bond acceptors (Lipinski definition) is 3. The number of aryl methyl sites for hydroxylation is 2. The number of pyridine rings is 2. The van der Waals surface area contributed by atoms with E-state index < -0.39 is 0 Å². The quantitative estimate of drug-likeness (QED) is 0.647. The Labute approximate surface area is 120 Å². The van der Waals surface area contributed by atoms with Crippen LogP contribution in [0.1, 0.15) is 5.69 Å². The zero-order chi connectivity index (χ0) is 14.4. The zero-order valence-electron chi connectivity index (χ0n) is 11.4.